The number of rotatable bonds is 9. The van der Waals surface area contributed by atoms with Gasteiger partial charge >= 0.3 is 0 Å². The third-order valence-corrected chi connectivity index (χ3v) is 4.20. The minimum atomic E-state index is -0.221. The molecular formula is C17H28N2O2. The molecule has 0 aliphatic rings. The van der Waals surface area contributed by atoms with Gasteiger partial charge in [-0.05, 0) is 31.4 Å². The van der Waals surface area contributed by atoms with Crippen molar-refractivity contribution in [1.82, 2.24) is 5.32 Å². The van der Waals surface area contributed by atoms with E-state index in [0.29, 0.717) is 12.1 Å². The molecule has 0 aliphatic heterocycles. The lowest BCUT2D eigenvalue weighted by Crippen LogP contribution is -2.39. The zero-order chi connectivity index (χ0) is 15.7. The summed E-state index contributed by atoms with van der Waals surface area (Å²) >= 11 is 0. The van der Waals surface area contributed by atoms with Gasteiger partial charge in [-0.1, -0.05) is 32.9 Å². The molecular weight excluding hydrogens is 264 g/mol. The second-order valence-electron chi connectivity index (χ2n) is 5.52. The summed E-state index contributed by atoms with van der Waals surface area (Å²) in [5, 5.41) is 15.8. The Morgan fingerprint density at radius 1 is 1.19 bits per heavy atom. The first kappa shape index (κ1) is 17.5. The normalized spacial score (nSPS) is 11.2. The van der Waals surface area contributed by atoms with Crippen LogP contribution in [0, 0.1) is 5.41 Å². The lowest BCUT2D eigenvalue weighted by Gasteiger charge is -2.29. The average molecular weight is 292 g/mol. The summed E-state index contributed by atoms with van der Waals surface area (Å²) in [7, 11) is 0. The Labute approximate surface area is 128 Å². The van der Waals surface area contributed by atoms with E-state index in [1.54, 1.807) is 0 Å². The quantitative estimate of drug-likeness (QED) is 0.655. The van der Waals surface area contributed by atoms with Crippen molar-refractivity contribution < 1.29 is 9.90 Å². The molecule has 0 atom stereocenters. The minimum Gasteiger partial charge on any atom is -0.396 e. The first-order chi connectivity index (χ1) is 10.1. The number of benzene rings is 1. The van der Waals surface area contributed by atoms with E-state index in [1.165, 1.54) is 0 Å². The molecule has 1 aromatic rings. The van der Waals surface area contributed by atoms with E-state index < -0.39 is 0 Å². The van der Waals surface area contributed by atoms with Crippen molar-refractivity contribution in [3.8, 4) is 0 Å². The number of amides is 1. The van der Waals surface area contributed by atoms with Gasteiger partial charge in [-0.15, -0.1) is 0 Å². The predicted molar refractivity (Wildman–Crippen MR) is 87.7 cm³/mol. The number of aliphatic hydroxyl groups excluding tert-OH is 1. The van der Waals surface area contributed by atoms with Gasteiger partial charge in [-0.3, -0.25) is 4.79 Å². The smallest absolute Gasteiger partial charge is 0.253 e. The molecule has 0 saturated heterocycles. The third kappa shape index (κ3) is 4.74. The number of aliphatic hydroxyl groups is 1. The number of nitrogens with one attached hydrogen (secondary N) is 2. The van der Waals surface area contributed by atoms with Crippen LogP contribution in [-0.4, -0.2) is 30.7 Å². The van der Waals surface area contributed by atoms with Crippen molar-refractivity contribution in [1.29, 1.82) is 0 Å². The first-order valence-corrected chi connectivity index (χ1v) is 7.84. The molecule has 1 aromatic carbocycles. The number of hydrogen-bond donors (Lipinski definition) is 3. The van der Waals surface area contributed by atoms with Crippen molar-refractivity contribution in [2.45, 2.75) is 40.0 Å². The Morgan fingerprint density at radius 2 is 1.86 bits per heavy atom. The topological polar surface area (TPSA) is 61.4 Å². The summed E-state index contributed by atoms with van der Waals surface area (Å²) in [4.78, 5) is 12.4. The summed E-state index contributed by atoms with van der Waals surface area (Å²) in [5.41, 5.74) is 1.30. The summed E-state index contributed by atoms with van der Waals surface area (Å²) in [6, 6.07) is 7.53. The molecule has 0 aromatic heterocycles. The molecule has 0 fully saturated rings. The fourth-order valence-electron chi connectivity index (χ4n) is 2.24. The molecule has 0 heterocycles. The van der Waals surface area contributed by atoms with Crippen molar-refractivity contribution >= 4 is 11.6 Å². The van der Waals surface area contributed by atoms with Crippen LogP contribution in [0.4, 0.5) is 5.69 Å². The van der Waals surface area contributed by atoms with Gasteiger partial charge in [0.25, 0.3) is 5.91 Å². The Morgan fingerprint density at radius 3 is 2.43 bits per heavy atom. The number of hydrogen-bond acceptors (Lipinski definition) is 3. The van der Waals surface area contributed by atoms with Crippen LogP contribution in [0.1, 0.15) is 50.4 Å². The Kier molecular flexibility index (Phi) is 7.23. The van der Waals surface area contributed by atoms with Crippen molar-refractivity contribution in [2.24, 2.45) is 5.41 Å². The largest absolute Gasteiger partial charge is 0.396 e. The lowest BCUT2D eigenvalue weighted by molar-refractivity contribution is 0.0851. The molecule has 0 radical (unpaired) electrons. The highest BCUT2D eigenvalue weighted by molar-refractivity contribution is 5.99. The van der Waals surface area contributed by atoms with Crippen LogP contribution in [0.5, 0.6) is 0 Å². The predicted octanol–water partition coefficient (Wildman–Crippen LogP) is 3.04. The molecule has 3 N–H and O–H groups in total. The van der Waals surface area contributed by atoms with Crippen LogP contribution in [0.25, 0.3) is 0 Å². The maximum atomic E-state index is 12.4. The molecule has 0 unspecified atom stereocenters. The van der Waals surface area contributed by atoms with Crippen LogP contribution in [0.15, 0.2) is 24.3 Å². The molecule has 1 amide bonds. The van der Waals surface area contributed by atoms with Gasteiger partial charge in [0.05, 0.1) is 12.2 Å². The van der Waals surface area contributed by atoms with E-state index in [1.807, 2.05) is 38.1 Å². The monoisotopic (exact) mass is 292 g/mol. The highest BCUT2D eigenvalue weighted by Crippen LogP contribution is 2.24. The summed E-state index contributed by atoms with van der Waals surface area (Å²) in [6.07, 6.45) is 2.70. The van der Waals surface area contributed by atoms with Crippen molar-refractivity contribution in [2.75, 3.05) is 25.0 Å². The number of carbonyl (C=O) groups excluding carboxylic acids is 1. The van der Waals surface area contributed by atoms with Crippen LogP contribution < -0.4 is 10.6 Å². The standard InChI is InChI=1S/C17H28N2O2/c1-4-11-18-15-10-8-7-9-14(15)16(21)19-12-17(5-2,6-3)13-20/h7-10,18,20H,4-6,11-13H2,1-3H3,(H,19,21). The Hall–Kier alpha value is -1.55. The van der Waals surface area contributed by atoms with Gasteiger partial charge in [0.2, 0.25) is 0 Å². The molecule has 0 spiro atoms. The zero-order valence-electron chi connectivity index (χ0n) is 13.4. The van der Waals surface area contributed by atoms with E-state index in [9.17, 15) is 9.90 Å². The highest BCUT2D eigenvalue weighted by atomic mass is 16.3. The highest BCUT2D eigenvalue weighted by Gasteiger charge is 2.26. The van der Waals surface area contributed by atoms with Crippen LogP contribution in [0.2, 0.25) is 0 Å². The first-order valence-electron chi connectivity index (χ1n) is 7.84. The zero-order valence-corrected chi connectivity index (χ0v) is 13.4. The molecule has 118 valence electrons. The summed E-state index contributed by atoms with van der Waals surface area (Å²) < 4.78 is 0. The number of anilines is 1. The van der Waals surface area contributed by atoms with Gasteiger partial charge < -0.3 is 15.7 Å². The van der Waals surface area contributed by atoms with Gasteiger partial charge in [0, 0.05) is 24.2 Å². The second kappa shape index (κ2) is 8.67. The second-order valence-corrected chi connectivity index (χ2v) is 5.52. The lowest BCUT2D eigenvalue weighted by atomic mass is 9.83. The van der Waals surface area contributed by atoms with E-state index in [0.717, 1.165) is 31.5 Å². The maximum Gasteiger partial charge on any atom is 0.253 e. The van der Waals surface area contributed by atoms with Gasteiger partial charge in [0.15, 0.2) is 0 Å². The molecule has 1 rings (SSSR count). The fraction of sp³-hybridized carbons (Fsp3) is 0.588. The average Bonchev–Trinajstić information content (AvgIpc) is 2.54. The number of carbonyl (C=O) groups is 1. The molecule has 0 aliphatic carbocycles. The molecule has 0 bridgehead atoms. The van der Waals surface area contributed by atoms with E-state index in [4.69, 9.17) is 0 Å². The van der Waals surface area contributed by atoms with Crippen LogP contribution in [-0.2, 0) is 0 Å². The molecule has 21 heavy (non-hydrogen) atoms. The van der Waals surface area contributed by atoms with Gasteiger partial charge in [-0.2, -0.15) is 0 Å². The molecule has 0 saturated carbocycles. The molecule has 4 nitrogen and oxygen atoms in total. The van der Waals surface area contributed by atoms with Crippen LogP contribution in [0.3, 0.4) is 0 Å². The third-order valence-electron chi connectivity index (χ3n) is 4.20. The van der Waals surface area contributed by atoms with Crippen molar-refractivity contribution in [3.05, 3.63) is 29.8 Å². The Bertz CT molecular complexity index is 434. The SMILES string of the molecule is CCCNc1ccccc1C(=O)NCC(CC)(CC)CO. The number of para-hydroxylation sites is 1. The van der Waals surface area contributed by atoms with E-state index >= 15 is 0 Å². The van der Waals surface area contributed by atoms with E-state index in [-0.39, 0.29) is 17.9 Å². The fourth-order valence-corrected chi connectivity index (χ4v) is 2.24. The maximum absolute atomic E-state index is 12.4. The van der Waals surface area contributed by atoms with E-state index in [2.05, 4.69) is 17.6 Å². The van der Waals surface area contributed by atoms with Gasteiger partial charge in [0.1, 0.15) is 0 Å². The Balaban J connectivity index is 2.75. The van der Waals surface area contributed by atoms with Gasteiger partial charge in [-0.25, -0.2) is 0 Å². The van der Waals surface area contributed by atoms with Crippen LogP contribution >= 0.6 is 0 Å². The van der Waals surface area contributed by atoms with Crippen molar-refractivity contribution in [3.63, 3.8) is 0 Å². The molecule has 4 heteroatoms. The minimum absolute atomic E-state index is 0.0890. The summed E-state index contributed by atoms with van der Waals surface area (Å²) in [5.74, 6) is -0.0890. The summed E-state index contributed by atoms with van der Waals surface area (Å²) in [6.45, 7) is 7.61.